The molecule has 32 heavy (non-hydrogen) atoms. The second-order valence-corrected chi connectivity index (χ2v) is 7.70. The Hall–Kier alpha value is -4.18. The third-order valence-corrected chi connectivity index (χ3v) is 5.52. The lowest BCUT2D eigenvalue weighted by atomic mass is 9.88. The summed E-state index contributed by atoms with van der Waals surface area (Å²) in [5.41, 5.74) is 9.40. The van der Waals surface area contributed by atoms with Crippen molar-refractivity contribution in [2.75, 3.05) is 0 Å². The number of rotatable bonds is 6. The van der Waals surface area contributed by atoms with Gasteiger partial charge in [0.05, 0.1) is 17.2 Å². The van der Waals surface area contributed by atoms with Gasteiger partial charge in [-0.05, 0) is 72.4 Å². The maximum Gasteiger partial charge on any atom is 0.267 e. The fraction of sp³-hybridized carbons (Fsp3) is 0.200. The number of aromatic nitrogens is 1. The van der Waals surface area contributed by atoms with Gasteiger partial charge in [-0.3, -0.25) is 14.6 Å². The number of nitriles is 1. The molecular weight excluding hydrogens is 404 g/mol. The zero-order valence-electron chi connectivity index (χ0n) is 17.4. The number of ether oxygens (including phenoxy) is 1. The minimum atomic E-state index is -0.578. The van der Waals surface area contributed by atoms with Crippen LogP contribution in [0.3, 0.4) is 0 Å². The van der Waals surface area contributed by atoms with E-state index >= 15 is 0 Å². The molecule has 0 fully saturated rings. The summed E-state index contributed by atoms with van der Waals surface area (Å²) in [5, 5.41) is 12.3. The van der Waals surface area contributed by atoms with E-state index < -0.39 is 5.91 Å². The van der Waals surface area contributed by atoms with Crippen molar-refractivity contribution in [3.05, 3.63) is 94.3 Å². The van der Waals surface area contributed by atoms with Crippen molar-refractivity contribution < 1.29 is 14.3 Å². The van der Waals surface area contributed by atoms with Crippen LogP contribution >= 0.6 is 0 Å². The average molecular weight is 426 g/mol. The number of hydrogen-bond acceptors (Lipinski definition) is 5. The number of nitrogens with one attached hydrogen (secondary N) is 1. The van der Waals surface area contributed by atoms with Gasteiger partial charge in [0.1, 0.15) is 18.1 Å². The Bertz CT molecular complexity index is 1220. The van der Waals surface area contributed by atoms with Gasteiger partial charge >= 0.3 is 0 Å². The first-order valence-corrected chi connectivity index (χ1v) is 10.3. The molecule has 7 nitrogen and oxygen atoms in total. The number of carbonyl (C=O) groups excluding carboxylic acids is 2. The molecular formula is C25H22N4O3. The van der Waals surface area contributed by atoms with Gasteiger partial charge in [-0.25, -0.2) is 0 Å². The minimum Gasteiger partial charge on any atom is -0.489 e. The molecule has 2 amide bonds. The fourth-order valence-electron chi connectivity index (χ4n) is 3.85. The van der Waals surface area contributed by atoms with E-state index in [9.17, 15) is 14.9 Å². The van der Waals surface area contributed by atoms with E-state index in [2.05, 4.69) is 22.4 Å². The van der Waals surface area contributed by atoms with Crippen molar-refractivity contribution in [1.82, 2.24) is 10.3 Å². The van der Waals surface area contributed by atoms with Crippen molar-refractivity contribution in [2.24, 2.45) is 5.73 Å². The van der Waals surface area contributed by atoms with Crippen molar-refractivity contribution in [3.8, 4) is 11.8 Å². The maximum atomic E-state index is 12.7. The number of fused-ring (bicyclic) bond motifs is 1. The molecule has 7 heteroatoms. The molecule has 2 aromatic carbocycles. The molecule has 0 aliphatic heterocycles. The Balaban J connectivity index is 1.42. The highest BCUT2D eigenvalue weighted by atomic mass is 16.5. The van der Waals surface area contributed by atoms with Crippen LogP contribution < -0.4 is 15.8 Å². The van der Waals surface area contributed by atoms with Crippen LogP contribution in [-0.2, 0) is 19.4 Å². The zero-order chi connectivity index (χ0) is 22.5. The summed E-state index contributed by atoms with van der Waals surface area (Å²) < 4.78 is 5.91. The van der Waals surface area contributed by atoms with Gasteiger partial charge in [-0.1, -0.05) is 18.2 Å². The minimum absolute atomic E-state index is 0.0182. The molecule has 0 spiro atoms. The first-order valence-electron chi connectivity index (χ1n) is 10.3. The number of amides is 2. The third kappa shape index (κ3) is 4.76. The molecule has 160 valence electrons. The zero-order valence-corrected chi connectivity index (χ0v) is 17.4. The van der Waals surface area contributed by atoms with Gasteiger partial charge in [-0.2, -0.15) is 5.26 Å². The van der Waals surface area contributed by atoms with Crippen molar-refractivity contribution in [1.29, 1.82) is 5.26 Å². The second-order valence-electron chi connectivity index (χ2n) is 7.70. The molecule has 1 atom stereocenters. The summed E-state index contributed by atoms with van der Waals surface area (Å²) >= 11 is 0. The van der Waals surface area contributed by atoms with Crippen molar-refractivity contribution >= 4 is 11.8 Å². The summed E-state index contributed by atoms with van der Waals surface area (Å²) in [5.74, 6) is -0.0972. The first-order chi connectivity index (χ1) is 15.5. The van der Waals surface area contributed by atoms with Crippen molar-refractivity contribution in [3.63, 3.8) is 0 Å². The number of nitrogens with two attached hydrogens (primary N) is 1. The number of benzene rings is 2. The van der Waals surface area contributed by atoms with Crippen LogP contribution in [0.2, 0.25) is 0 Å². The highest BCUT2D eigenvalue weighted by Gasteiger charge is 2.22. The third-order valence-electron chi connectivity index (χ3n) is 5.52. The molecule has 0 radical (unpaired) electrons. The lowest BCUT2D eigenvalue weighted by Gasteiger charge is -2.26. The standard InChI is InChI=1S/C25H22N4O3/c26-14-18-3-1-2-4-22(18)25(31)29-20-7-5-17-6-8-21(13-19(17)12-20)32-15-16-9-10-28-23(11-16)24(27)30/h1-4,6,8-11,13,20H,5,7,12,15H2,(H2,27,30)(H,29,31). The largest absolute Gasteiger partial charge is 0.489 e. The SMILES string of the molecule is N#Cc1ccccc1C(=O)NC1CCc2ccc(OCc3ccnc(C(N)=O)c3)cc2C1. The molecule has 1 heterocycles. The molecule has 0 saturated carbocycles. The van der Waals surface area contributed by atoms with E-state index in [-0.39, 0.29) is 24.2 Å². The number of pyridine rings is 1. The van der Waals surface area contributed by atoms with Gasteiger partial charge in [0, 0.05) is 12.2 Å². The first kappa shape index (κ1) is 21.1. The van der Waals surface area contributed by atoms with Crippen LogP contribution in [0.15, 0.2) is 60.8 Å². The average Bonchev–Trinajstić information content (AvgIpc) is 2.82. The monoisotopic (exact) mass is 426 g/mol. The van der Waals surface area contributed by atoms with E-state index in [1.807, 2.05) is 12.1 Å². The van der Waals surface area contributed by atoms with Crippen LogP contribution in [0.1, 0.15) is 49.5 Å². The van der Waals surface area contributed by atoms with Crippen molar-refractivity contribution in [2.45, 2.75) is 31.9 Å². The van der Waals surface area contributed by atoms with Crippen LogP contribution in [0.5, 0.6) is 5.75 Å². The summed E-state index contributed by atoms with van der Waals surface area (Å²) in [6.07, 6.45) is 3.91. The van der Waals surface area contributed by atoms with E-state index in [1.54, 1.807) is 36.4 Å². The second kappa shape index (κ2) is 9.31. The van der Waals surface area contributed by atoms with Crippen LogP contribution in [-0.4, -0.2) is 22.8 Å². The Kier molecular flexibility index (Phi) is 6.13. The Morgan fingerprint density at radius 3 is 2.81 bits per heavy atom. The Morgan fingerprint density at radius 1 is 1.16 bits per heavy atom. The Morgan fingerprint density at radius 2 is 2.00 bits per heavy atom. The predicted octanol–water partition coefficient (Wildman–Crippen LogP) is 2.92. The molecule has 1 aliphatic carbocycles. The summed E-state index contributed by atoms with van der Waals surface area (Å²) in [4.78, 5) is 27.9. The number of hydrogen-bond donors (Lipinski definition) is 2. The number of carbonyl (C=O) groups is 2. The van der Waals surface area contributed by atoms with Crippen LogP contribution in [0.4, 0.5) is 0 Å². The number of nitrogens with zero attached hydrogens (tertiary/aromatic N) is 2. The molecule has 3 N–H and O–H groups in total. The summed E-state index contributed by atoms with van der Waals surface area (Å²) in [7, 11) is 0. The highest BCUT2D eigenvalue weighted by Crippen LogP contribution is 2.26. The molecule has 1 aliphatic rings. The molecule has 4 rings (SSSR count). The van der Waals surface area contributed by atoms with E-state index in [0.29, 0.717) is 23.3 Å². The van der Waals surface area contributed by atoms with E-state index in [0.717, 1.165) is 24.0 Å². The van der Waals surface area contributed by atoms with Crippen LogP contribution in [0, 0.1) is 11.3 Å². The van der Waals surface area contributed by atoms with Crippen LogP contribution in [0.25, 0.3) is 0 Å². The smallest absolute Gasteiger partial charge is 0.267 e. The van der Waals surface area contributed by atoms with Gasteiger partial charge in [-0.15, -0.1) is 0 Å². The normalized spacial score (nSPS) is 14.7. The molecule has 3 aromatic rings. The lowest BCUT2D eigenvalue weighted by molar-refractivity contribution is 0.0932. The van der Waals surface area contributed by atoms with Gasteiger partial charge < -0.3 is 15.8 Å². The molecule has 0 bridgehead atoms. The van der Waals surface area contributed by atoms with Gasteiger partial charge in [0.2, 0.25) is 0 Å². The topological polar surface area (TPSA) is 118 Å². The fourth-order valence-corrected chi connectivity index (χ4v) is 3.85. The predicted molar refractivity (Wildman–Crippen MR) is 118 cm³/mol. The summed E-state index contributed by atoms with van der Waals surface area (Å²) in [6, 6.07) is 18.2. The van der Waals surface area contributed by atoms with E-state index in [4.69, 9.17) is 10.5 Å². The maximum absolute atomic E-state index is 12.7. The van der Waals surface area contributed by atoms with Gasteiger partial charge in [0.25, 0.3) is 11.8 Å². The lowest BCUT2D eigenvalue weighted by Crippen LogP contribution is -2.39. The molecule has 1 aromatic heterocycles. The summed E-state index contributed by atoms with van der Waals surface area (Å²) in [6.45, 7) is 0.284. The number of aryl methyl sites for hydroxylation is 1. The Labute approximate surface area is 185 Å². The quantitative estimate of drug-likeness (QED) is 0.628. The highest BCUT2D eigenvalue weighted by molar-refractivity contribution is 5.96. The molecule has 1 unspecified atom stereocenters. The molecule has 0 saturated heterocycles. The van der Waals surface area contributed by atoms with Gasteiger partial charge in [0.15, 0.2) is 0 Å². The number of primary amides is 1. The van der Waals surface area contributed by atoms with E-state index in [1.165, 1.54) is 11.8 Å².